The third kappa shape index (κ3) is 3.49. The van der Waals surface area contributed by atoms with Crippen LogP contribution in [0.1, 0.15) is 17.0 Å². The maximum Gasteiger partial charge on any atom is 0.228 e. The molecule has 0 aliphatic carbocycles. The zero-order valence-electron chi connectivity index (χ0n) is 13.6. The molecule has 1 aromatic heterocycles. The second-order valence-electron chi connectivity index (χ2n) is 5.64. The lowest BCUT2D eigenvalue weighted by Crippen LogP contribution is -2.15. The Morgan fingerprint density at radius 1 is 1.08 bits per heavy atom. The quantitative estimate of drug-likeness (QED) is 0.769. The van der Waals surface area contributed by atoms with Gasteiger partial charge in [0.2, 0.25) is 5.91 Å². The molecule has 0 aliphatic heterocycles. The third-order valence-electron chi connectivity index (χ3n) is 3.83. The fraction of sp³-hybridized carbons (Fsp3) is 0.158. The molecule has 0 fully saturated rings. The number of nitrogens with zero attached hydrogens (tertiary/aromatic N) is 2. The topological polar surface area (TPSA) is 46.9 Å². The van der Waals surface area contributed by atoms with Crippen LogP contribution in [0.5, 0.6) is 0 Å². The van der Waals surface area contributed by atoms with Gasteiger partial charge in [0.1, 0.15) is 0 Å². The number of aromatic nitrogens is 2. The molecular weight excluding hydrogens is 322 g/mol. The van der Waals surface area contributed by atoms with Crippen LogP contribution in [0.25, 0.3) is 5.69 Å². The van der Waals surface area contributed by atoms with Crippen molar-refractivity contribution in [3.8, 4) is 5.69 Å². The molecule has 1 amide bonds. The van der Waals surface area contributed by atoms with Crippen molar-refractivity contribution in [2.75, 3.05) is 5.32 Å². The smallest absolute Gasteiger partial charge is 0.228 e. The number of amides is 1. The molecule has 0 radical (unpaired) electrons. The van der Waals surface area contributed by atoms with Crippen molar-refractivity contribution in [2.24, 2.45) is 0 Å². The number of carbonyl (C=O) groups is 1. The van der Waals surface area contributed by atoms with Crippen molar-refractivity contribution in [1.29, 1.82) is 0 Å². The molecule has 3 aromatic rings. The second-order valence-corrected chi connectivity index (χ2v) is 6.08. The van der Waals surface area contributed by atoms with Crippen LogP contribution in [0, 0.1) is 13.8 Å². The SMILES string of the molecule is Cc1nn(-c2ccccc2)c(C)c1NC(=O)Cc1ccc(Cl)cc1. The number of hydrogen-bond acceptors (Lipinski definition) is 2. The summed E-state index contributed by atoms with van der Waals surface area (Å²) in [6, 6.07) is 17.1. The Labute approximate surface area is 146 Å². The summed E-state index contributed by atoms with van der Waals surface area (Å²) in [5, 5.41) is 8.18. The number of rotatable bonds is 4. The van der Waals surface area contributed by atoms with E-state index in [2.05, 4.69) is 10.4 Å². The van der Waals surface area contributed by atoms with Crippen LogP contribution in [0.4, 0.5) is 5.69 Å². The van der Waals surface area contributed by atoms with Crippen molar-refractivity contribution < 1.29 is 4.79 Å². The van der Waals surface area contributed by atoms with Crippen molar-refractivity contribution in [3.05, 3.63) is 76.6 Å². The van der Waals surface area contributed by atoms with Gasteiger partial charge in [-0.05, 0) is 43.7 Å². The highest BCUT2D eigenvalue weighted by Crippen LogP contribution is 2.23. The van der Waals surface area contributed by atoms with Gasteiger partial charge in [0.25, 0.3) is 0 Å². The second kappa shape index (κ2) is 6.89. The maximum absolute atomic E-state index is 12.3. The van der Waals surface area contributed by atoms with Gasteiger partial charge < -0.3 is 5.32 Å². The molecule has 0 saturated carbocycles. The molecule has 0 bridgehead atoms. The fourth-order valence-electron chi connectivity index (χ4n) is 2.62. The molecule has 4 nitrogen and oxygen atoms in total. The molecule has 1 heterocycles. The summed E-state index contributed by atoms with van der Waals surface area (Å²) in [6.45, 7) is 3.84. The lowest BCUT2D eigenvalue weighted by molar-refractivity contribution is -0.115. The van der Waals surface area contributed by atoms with Gasteiger partial charge in [-0.3, -0.25) is 4.79 Å². The normalized spacial score (nSPS) is 10.6. The Kier molecular flexibility index (Phi) is 4.67. The minimum atomic E-state index is -0.0730. The third-order valence-corrected chi connectivity index (χ3v) is 4.09. The number of para-hydroxylation sites is 1. The zero-order chi connectivity index (χ0) is 17.1. The molecule has 122 valence electrons. The first-order valence-corrected chi connectivity index (χ1v) is 8.08. The van der Waals surface area contributed by atoms with Gasteiger partial charge in [0.15, 0.2) is 0 Å². The zero-order valence-corrected chi connectivity index (χ0v) is 14.3. The van der Waals surface area contributed by atoms with Crippen molar-refractivity contribution in [3.63, 3.8) is 0 Å². The van der Waals surface area contributed by atoms with E-state index in [-0.39, 0.29) is 5.91 Å². The highest BCUT2D eigenvalue weighted by molar-refractivity contribution is 6.30. The van der Waals surface area contributed by atoms with E-state index in [0.29, 0.717) is 11.4 Å². The number of anilines is 1. The Morgan fingerprint density at radius 3 is 2.42 bits per heavy atom. The highest BCUT2D eigenvalue weighted by Gasteiger charge is 2.15. The van der Waals surface area contributed by atoms with E-state index in [1.54, 1.807) is 12.1 Å². The predicted octanol–water partition coefficient (Wildman–Crippen LogP) is 4.32. The van der Waals surface area contributed by atoms with E-state index in [1.165, 1.54) is 0 Å². The van der Waals surface area contributed by atoms with Crippen molar-refractivity contribution in [1.82, 2.24) is 9.78 Å². The minimum absolute atomic E-state index is 0.0730. The van der Waals surface area contributed by atoms with Gasteiger partial charge in [0, 0.05) is 5.02 Å². The number of hydrogen-bond donors (Lipinski definition) is 1. The van der Waals surface area contributed by atoms with Gasteiger partial charge in [-0.15, -0.1) is 0 Å². The number of benzene rings is 2. The summed E-state index contributed by atoms with van der Waals surface area (Å²) in [7, 11) is 0. The van der Waals surface area contributed by atoms with E-state index in [1.807, 2.05) is 61.0 Å². The Bertz CT molecular complexity index is 854. The summed E-state index contributed by atoms with van der Waals surface area (Å²) < 4.78 is 1.84. The average molecular weight is 340 g/mol. The lowest BCUT2D eigenvalue weighted by atomic mass is 10.1. The molecule has 5 heteroatoms. The lowest BCUT2D eigenvalue weighted by Gasteiger charge is -2.07. The Balaban J connectivity index is 1.79. The monoisotopic (exact) mass is 339 g/mol. The summed E-state index contributed by atoms with van der Waals surface area (Å²) in [5.74, 6) is -0.0730. The molecule has 24 heavy (non-hydrogen) atoms. The van der Waals surface area contributed by atoms with Crippen LogP contribution < -0.4 is 5.32 Å². The number of nitrogens with one attached hydrogen (secondary N) is 1. The van der Waals surface area contributed by atoms with Crippen LogP contribution in [0.2, 0.25) is 5.02 Å². The van der Waals surface area contributed by atoms with Crippen LogP contribution in [0.3, 0.4) is 0 Å². The standard InChI is InChI=1S/C19H18ClN3O/c1-13-19(14(2)23(22-13)17-6-4-3-5-7-17)21-18(24)12-15-8-10-16(20)11-9-15/h3-11H,12H2,1-2H3,(H,21,24). The first kappa shape index (κ1) is 16.3. The van der Waals surface area contributed by atoms with Crippen LogP contribution in [0.15, 0.2) is 54.6 Å². The summed E-state index contributed by atoms with van der Waals surface area (Å²) in [4.78, 5) is 12.3. The minimum Gasteiger partial charge on any atom is -0.323 e. The first-order chi connectivity index (χ1) is 11.5. The largest absolute Gasteiger partial charge is 0.323 e. The van der Waals surface area contributed by atoms with E-state index >= 15 is 0 Å². The fourth-order valence-corrected chi connectivity index (χ4v) is 2.74. The molecule has 1 N–H and O–H groups in total. The first-order valence-electron chi connectivity index (χ1n) is 7.70. The van der Waals surface area contributed by atoms with E-state index < -0.39 is 0 Å². The van der Waals surface area contributed by atoms with Gasteiger partial charge in [-0.1, -0.05) is 41.9 Å². The molecule has 0 saturated heterocycles. The van der Waals surface area contributed by atoms with E-state index in [9.17, 15) is 4.79 Å². The van der Waals surface area contributed by atoms with Gasteiger partial charge in [-0.25, -0.2) is 4.68 Å². The number of halogens is 1. The molecule has 2 aromatic carbocycles. The summed E-state index contributed by atoms with van der Waals surface area (Å²) in [5.41, 5.74) is 4.35. The molecule has 0 spiro atoms. The van der Waals surface area contributed by atoms with Crippen LogP contribution in [-0.2, 0) is 11.2 Å². The Morgan fingerprint density at radius 2 is 1.75 bits per heavy atom. The average Bonchev–Trinajstić information content (AvgIpc) is 2.86. The van der Waals surface area contributed by atoms with Crippen molar-refractivity contribution >= 4 is 23.2 Å². The molecule has 0 aliphatic rings. The maximum atomic E-state index is 12.3. The van der Waals surface area contributed by atoms with Gasteiger partial charge in [-0.2, -0.15) is 5.10 Å². The molecular formula is C19H18ClN3O. The van der Waals surface area contributed by atoms with Crippen molar-refractivity contribution in [2.45, 2.75) is 20.3 Å². The molecule has 3 rings (SSSR count). The van der Waals surface area contributed by atoms with Gasteiger partial charge in [0.05, 0.1) is 29.2 Å². The Hall–Kier alpha value is -2.59. The predicted molar refractivity (Wildman–Crippen MR) is 96.8 cm³/mol. The van der Waals surface area contributed by atoms with Crippen LogP contribution >= 0.6 is 11.6 Å². The highest BCUT2D eigenvalue weighted by atomic mass is 35.5. The van der Waals surface area contributed by atoms with Gasteiger partial charge >= 0.3 is 0 Å². The summed E-state index contributed by atoms with van der Waals surface area (Å²) in [6.07, 6.45) is 0.298. The number of carbonyl (C=O) groups excluding carboxylic acids is 1. The van der Waals surface area contributed by atoms with E-state index in [4.69, 9.17) is 11.6 Å². The van der Waals surface area contributed by atoms with E-state index in [0.717, 1.165) is 28.3 Å². The summed E-state index contributed by atoms with van der Waals surface area (Å²) >= 11 is 5.87. The van der Waals surface area contributed by atoms with Crippen LogP contribution in [-0.4, -0.2) is 15.7 Å². The molecule has 0 unspecified atom stereocenters. The molecule has 0 atom stereocenters. The number of aryl methyl sites for hydroxylation is 1.